The first-order chi connectivity index (χ1) is 10.2. The summed E-state index contributed by atoms with van der Waals surface area (Å²) >= 11 is 6.01. The lowest BCUT2D eigenvalue weighted by molar-refractivity contribution is 1.12. The number of aromatic amines is 1. The van der Waals surface area contributed by atoms with E-state index in [1.54, 1.807) is 0 Å². The predicted molar refractivity (Wildman–Crippen MR) is 90.2 cm³/mol. The maximum atomic E-state index is 6.01. The monoisotopic (exact) mass is 297 g/mol. The number of benzene rings is 2. The zero-order valence-corrected chi connectivity index (χ0v) is 12.7. The minimum absolute atomic E-state index is 0.699. The van der Waals surface area contributed by atoms with Crippen LogP contribution in [-0.4, -0.2) is 10.2 Å². The van der Waals surface area contributed by atoms with Crippen molar-refractivity contribution in [2.75, 3.05) is 5.32 Å². The second-order valence-corrected chi connectivity index (χ2v) is 5.34. The third kappa shape index (κ3) is 2.65. The van der Waals surface area contributed by atoms with Crippen molar-refractivity contribution in [2.24, 2.45) is 0 Å². The molecule has 0 unspecified atom stereocenters. The summed E-state index contributed by atoms with van der Waals surface area (Å²) in [4.78, 5) is 0. The van der Waals surface area contributed by atoms with Gasteiger partial charge in [-0.3, -0.25) is 5.10 Å². The molecule has 106 valence electrons. The average molecular weight is 298 g/mol. The van der Waals surface area contributed by atoms with Crippen molar-refractivity contribution in [3.05, 3.63) is 59.1 Å². The Hall–Kier alpha value is -2.26. The number of hydrogen-bond donors (Lipinski definition) is 2. The molecular weight excluding hydrogens is 282 g/mol. The maximum absolute atomic E-state index is 6.01. The van der Waals surface area contributed by atoms with Gasteiger partial charge in [0, 0.05) is 21.7 Å². The van der Waals surface area contributed by atoms with Crippen LogP contribution in [0.2, 0.25) is 5.02 Å². The SMILES string of the molecule is C/C=C(\C)c1cccc2c(Nc3cccc(Cl)c3)n[nH]c12. The fraction of sp³-hybridized carbons (Fsp3) is 0.118. The van der Waals surface area contributed by atoms with Crippen LogP contribution in [0.3, 0.4) is 0 Å². The van der Waals surface area contributed by atoms with E-state index in [9.17, 15) is 0 Å². The number of nitrogens with zero attached hydrogens (tertiary/aromatic N) is 1. The summed E-state index contributed by atoms with van der Waals surface area (Å²) in [6, 6.07) is 13.8. The number of hydrogen-bond acceptors (Lipinski definition) is 2. The van der Waals surface area contributed by atoms with Gasteiger partial charge in [-0.05, 0) is 43.7 Å². The van der Waals surface area contributed by atoms with Crippen LogP contribution in [0.4, 0.5) is 11.5 Å². The van der Waals surface area contributed by atoms with Crippen LogP contribution in [0.25, 0.3) is 16.5 Å². The molecule has 3 nitrogen and oxygen atoms in total. The maximum Gasteiger partial charge on any atom is 0.160 e. The van der Waals surface area contributed by atoms with Crippen molar-refractivity contribution in [1.82, 2.24) is 10.2 Å². The van der Waals surface area contributed by atoms with Crippen LogP contribution in [-0.2, 0) is 0 Å². The normalized spacial score (nSPS) is 11.9. The summed E-state index contributed by atoms with van der Waals surface area (Å²) in [6.07, 6.45) is 2.10. The van der Waals surface area contributed by atoms with Crippen LogP contribution in [0.15, 0.2) is 48.5 Å². The standard InChI is InChI=1S/C17H16ClN3/c1-3-11(2)14-8-5-9-15-16(14)20-21-17(15)19-13-7-4-6-12(18)10-13/h3-10H,1-2H3,(H2,19,20,21)/b11-3+. The number of anilines is 2. The molecule has 0 aliphatic heterocycles. The van der Waals surface area contributed by atoms with Gasteiger partial charge in [-0.25, -0.2) is 0 Å². The van der Waals surface area contributed by atoms with E-state index in [2.05, 4.69) is 40.6 Å². The smallest absolute Gasteiger partial charge is 0.160 e. The van der Waals surface area contributed by atoms with Crippen molar-refractivity contribution < 1.29 is 0 Å². The molecule has 0 aliphatic rings. The highest BCUT2D eigenvalue weighted by Gasteiger charge is 2.10. The molecule has 1 aromatic heterocycles. The first-order valence-electron chi connectivity index (χ1n) is 6.82. The number of allylic oxidation sites excluding steroid dienone is 2. The van der Waals surface area contributed by atoms with Gasteiger partial charge in [-0.1, -0.05) is 35.9 Å². The number of fused-ring (bicyclic) bond motifs is 1. The number of halogens is 1. The molecule has 4 heteroatoms. The van der Waals surface area contributed by atoms with Gasteiger partial charge in [0.05, 0.1) is 5.52 Å². The van der Waals surface area contributed by atoms with E-state index < -0.39 is 0 Å². The fourth-order valence-electron chi connectivity index (χ4n) is 2.32. The van der Waals surface area contributed by atoms with E-state index in [0.717, 1.165) is 22.4 Å². The summed E-state index contributed by atoms with van der Waals surface area (Å²) < 4.78 is 0. The third-order valence-electron chi connectivity index (χ3n) is 3.54. The van der Waals surface area contributed by atoms with Crippen LogP contribution in [0, 0.1) is 0 Å². The zero-order chi connectivity index (χ0) is 14.8. The van der Waals surface area contributed by atoms with E-state index in [1.807, 2.05) is 37.3 Å². The van der Waals surface area contributed by atoms with Crippen molar-refractivity contribution in [3.63, 3.8) is 0 Å². The molecule has 3 aromatic rings. The Balaban J connectivity index is 2.05. The molecule has 0 saturated carbocycles. The number of nitrogens with one attached hydrogen (secondary N) is 2. The Morgan fingerprint density at radius 3 is 2.81 bits per heavy atom. The highest BCUT2D eigenvalue weighted by Crippen LogP contribution is 2.29. The molecule has 21 heavy (non-hydrogen) atoms. The van der Waals surface area contributed by atoms with Gasteiger partial charge in [0.1, 0.15) is 0 Å². The highest BCUT2D eigenvalue weighted by molar-refractivity contribution is 6.30. The van der Waals surface area contributed by atoms with Gasteiger partial charge in [-0.15, -0.1) is 0 Å². The van der Waals surface area contributed by atoms with Gasteiger partial charge < -0.3 is 5.32 Å². The molecule has 2 N–H and O–H groups in total. The Kier molecular flexibility index (Phi) is 3.67. The summed E-state index contributed by atoms with van der Waals surface area (Å²) in [7, 11) is 0. The molecule has 2 aromatic carbocycles. The summed E-state index contributed by atoms with van der Waals surface area (Å²) in [6.45, 7) is 4.13. The number of rotatable bonds is 3. The topological polar surface area (TPSA) is 40.7 Å². The number of aromatic nitrogens is 2. The summed E-state index contributed by atoms with van der Waals surface area (Å²) in [5, 5.41) is 12.6. The largest absolute Gasteiger partial charge is 0.338 e. The van der Waals surface area contributed by atoms with Crippen molar-refractivity contribution >= 4 is 39.6 Å². The molecule has 0 fully saturated rings. The van der Waals surface area contributed by atoms with E-state index in [-0.39, 0.29) is 0 Å². The summed E-state index contributed by atoms with van der Waals surface area (Å²) in [5.41, 5.74) is 4.35. The molecular formula is C17H16ClN3. The second kappa shape index (κ2) is 5.62. The number of H-pyrrole nitrogens is 1. The molecule has 0 atom stereocenters. The molecule has 0 amide bonds. The second-order valence-electron chi connectivity index (χ2n) is 4.91. The van der Waals surface area contributed by atoms with E-state index in [4.69, 9.17) is 11.6 Å². The third-order valence-corrected chi connectivity index (χ3v) is 3.78. The van der Waals surface area contributed by atoms with Crippen molar-refractivity contribution in [3.8, 4) is 0 Å². The van der Waals surface area contributed by atoms with Gasteiger partial charge in [0.25, 0.3) is 0 Å². The average Bonchev–Trinajstić information content (AvgIpc) is 2.90. The number of para-hydroxylation sites is 1. The summed E-state index contributed by atoms with van der Waals surface area (Å²) in [5.74, 6) is 0.804. The van der Waals surface area contributed by atoms with Gasteiger partial charge in [0.2, 0.25) is 0 Å². The lowest BCUT2D eigenvalue weighted by Gasteiger charge is -2.05. The van der Waals surface area contributed by atoms with Crippen molar-refractivity contribution in [2.45, 2.75) is 13.8 Å². The van der Waals surface area contributed by atoms with Crippen LogP contribution < -0.4 is 5.32 Å². The van der Waals surface area contributed by atoms with E-state index in [0.29, 0.717) is 5.02 Å². The van der Waals surface area contributed by atoms with E-state index >= 15 is 0 Å². The molecule has 0 saturated heterocycles. The lowest BCUT2D eigenvalue weighted by Crippen LogP contribution is -1.90. The van der Waals surface area contributed by atoms with Crippen LogP contribution in [0.5, 0.6) is 0 Å². The highest BCUT2D eigenvalue weighted by atomic mass is 35.5. The molecule has 0 aliphatic carbocycles. The van der Waals surface area contributed by atoms with Crippen molar-refractivity contribution in [1.29, 1.82) is 0 Å². The Labute approximate surface area is 128 Å². The Bertz CT molecular complexity index is 818. The molecule has 0 bridgehead atoms. The Morgan fingerprint density at radius 1 is 1.24 bits per heavy atom. The van der Waals surface area contributed by atoms with Gasteiger partial charge in [0.15, 0.2) is 5.82 Å². The first-order valence-corrected chi connectivity index (χ1v) is 7.20. The van der Waals surface area contributed by atoms with Crippen LogP contribution >= 0.6 is 11.6 Å². The fourth-order valence-corrected chi connectivity index (χ4v) is 2.51. The zero-order valence-electron chi connectivity index (χ0n) is 11.9. The molecule has 3 rings (SSSR count). The van der Waals surface area contributed by atoms with E-state index in [1.165, 1.54) is 11.1 Å². The minimum atomic E-state index is 0.699. The minimum Gasteiger partial charge on any atom is -0.338 e. The van der Waals surface area contributed by atoms with Crippen LogP contribution in [0.1, 0.15) is 19.4 Å². The molecule has 0 spiro atoms. The Morgan fingerprint density at radius 2 is 2.05 bits per heavy atom. The van der Waals surface area contributed by atoms with Gasteiger partial charge >= 0.3 is 0 Å². The first kappa shape index (κ1) is 13.7. The van der Waals surface area contributed by atoms with Gasteiger partial charge in [-0.2, -0.15) is 5.10 Å². The predicted octanol–water partition coefficient (Wildman–Crippen LogP) is 5.38. The molecule has 0 radical (unpaired) electrons. The lowest BCUT2D eigenvalue weighted by atomic mass is 10.0. The molecule has 1 heterocycles. The quantitative estimate of drug-likeness (QED) is 0.681.